The molecule has 8 nitrogen and oxygen atoms in total. The van der Waals surface area contributed by atoms with Gasteiger partial charge in [0.25, 0.3) is 0 Å². The van der Waals surface area contributed by atoms with Gasteiger partial charge in [-0.15, -0.1) is 0 Å². The fourth-order valence-electron chi connectivity index (χ4n) is 2.23. The number of anilines is 2. The van der Waals surface area contributed by atoms with E-state index in [-0.39, 0.29) is 29.3 Å². The highest BCUT2D eigenvalue weighted by Crippen LogP contribution is 2.32. The van der Waals surface area contributed by atoms with E-state index in [2.05, 4.69) is 10.6 Å². The summed E-state index contributed by atoms with van der Waals surface area (Å²) in [5, 5.41) is 13.8. The van der Waals surface area contributed by atoms with Crippen molar-refractivity contribution in [2.24, 2.45) is 0 Å². The number of carboxylic acids is 1. The Morgan fingerprint density at radius 1 is 1.11 bits per heavy atom. The van der Waals surface area contributed by atoms with Crippen LogP contribution in [-0.2, 0) is 9.59 Å². The average molecular weight is 390 g/mol. The van der Waals surface area contributed by atoms with Crippen LogP contribution < -0.4 is 20.1 Å². The minimum atomic E-state index is -1.23. The van der Waals surface area contributed by atoms with Gasteiger partial charge < -0.3 is 19.9 Å². The number of para-hydroxylation sites is 1. The topological polar surface area (TPSA) is 114 Å². The van der Waals surface area contributed by atoms with Gasteiger partial charge >= 0.3 is 12.1 Å². The lowest BCUT2D eigenvalue weighted by atomic mass is 10.2. The summed E-state index contributed by atoms with van der Waals surface area (Å²) in [6, 6.07) is 10.2. The highest BCUT2D eigenvalue weighted by atomic mass is 19.1. The number of nitrogens with one attached hydrogen (secondary N) is 2. The van der Waals surface area contributed by atoms with Crippen LogP contribution in [-0.4, -0.2) is 29.2 Å². The number of ether oxygens (including phenoxy) is 2. The fraction of sp³-hybridized carbons (Fsp3) is 0.211. The standard InChI is InChI=1S/C19H19FN2O6/c1-3-16(18(24)25)28-17-9-13(20)14(10-15(17)21-11(2)23)22-19(26)27-12-7-5-4-6-8-12/h4-10,16H,3H2,1-2H3,(H,21,23)(H,22,26)(H,24,25). The minimum Gasteiger partial charge on any atom is -0.479 e. The zero-order valence-corrected chi connectivity index (χ0v) is 15.2. The third kappa shape index (κ3) is 5.70. The molecule has 0 fully saturated rings. The predicted molar refractivity (Wildman–Crippen MR) is 99.1 cm³/mol. The lowest BCUT2D eigenvalue weighted by Crippen LogP contribution is -2.26. The van der Waals surface area contributed by atoms with Gasteiger partial charge in [0.2, 0.25) is 5.91 Å². The van der Waals surface area contributed by atoms with Gasteiger partial charge in [0.15, 0.2) is 11.9 Å². The molecule has 0 aliphatic carbocycles. The molecule has 2 aromatic rings. The van der Waals surface area contributed by atoms with Crippen LogP contribution in [0.5, 0.6) is 11.5 Å². The smallest absolute Gasteiger partial charge is 0.417 e. The van der Waals surface area contributed by atoms with Gasteiger partial charge in [-0.3, -0.25) is 10.1 Å². The first-order chi connectivity index (χ1) is 13.3. The van der Waals surface area contributed by atoms with Crippen LogP contribution in [0, 0.1) is 5.82 Å². The Kier molecular flexibility index (Phi) is 6.91. The van der Waals surface area contributed by atoms with Crippen LogP contribution in [0.15, 0.2) is 42.5 Å². The molecule has 0 saturated heterocycles. The minimum absolute atomic E-state index is 0.00334. The van der Waals surface area contributed by atoms with Crippen molar-refractivity contribution in [1.29, 1.82) is 0 Å². The summed E-state index contributed by atoms with van der Waals surface area (Å²) in [5.41, 5.74) is -0.274. The maximum absolute atomic E-state index is 14.4. The molecule has 0 heterocycles. The van der Waals surface area contributed by atoms with Gasteiger partial charge in [0, 0.05) is 13.0 Å². The second kappa shape index (κ2) is 9.36. The van der Waals surface area contributed by atoms with Crippen LogP contribution in [0.25, 0.3) is 0 Å². The van der Waals surface area contributed by atoms with Crippen molar-refractivity contribution < 1.29 is 33.4 Å². The van der Waals surface area contributed by atoms with Gasteiger partial charge in [0.05, 0.1) is 11.4 Å². The van der Waals surface area contributed by atoms with Gasteiger partial charge in [-0.05, 0) is 24.6 Å². The maximum atomic E-state index is 14.4. The van der Waals surface area contributed by atoms with Crippen molar-refractivity contribution in [2.45, 2.75) is 26.4 Å². The number of amides is 2. The normalized spacial score (nSPS) is 11.2. The second-order valence-corrected chi connectivity index (χ2v) is 5.69. The SMILES string of the molecule is CCC(Oc1cc(F)c(NC(=O)Oc2ccccc2)cc1NC(C)=O)C(=O)O. The molecule has 3 N–H and O–H groups in total. The molecular formula is C19H19FN2O6. The Balaban J connectivity index is 2.26. The Labute approximate surface area is 160 Å². The van der Waals surface area contributed by atoms with Crippen LogP contribution in [0.3, 0.4) is 0 Å². The van der Waals surface area contributed by atoms with Crippen LogP contribution in [0.2, 0.25) is 0 Å². The van der Waals surface area contributed by atoms with Crippen molar-refractivity contribution in [1.82, 2.24) is 0 Å². The number of carboxylic acid groups (broad SMARTS) is 1. The van der Waals surface area contributed by atoms with E-state index in [1.54, 1.807) is 37.3 Å². The number of carbonyl (C=O) groups is 3. The molecule has 9 heteroatoms. The molecule has 2 rings (SSSR count). The number of hydrogen-bond acceptors (Lipinski definition) is 5. The zero-order valence-electron chi connectivity index (χ0n) is 15.2. The van der Waals surface area contributed by atoms with Crippen molar-refractivity contribution in [3.8, 4) is 11.5 Å². The molecular weight excluding hydrogens is 371 g/mol. The van der Waals surface area contributed by atoms with Gasteiger partial charge in [-0.25, -0.2) is 14.0 Å². The summed E-state index contributed by atoms with van der Waals surface area (Å²) in [5.74, 6) is -2.53. The van der Waals surface area contributed by atoms with Gasteiger partial charge in [-0.2, -0.15) is 0 Å². The van der Waals surface area contributed by atoms with E-state index in [0.29, 0.717) is 0 Å². The Hall–Kier alpha value is -3.62. The number of halogens is 1. The maximum Gasteiger partial charge on any atom is 0.417 e. The van der Waals surface area contributed by atoms with E-state index < -0.39 is 29.9 Å². The molecule has 0 aliphatic heterocycles. The molecule has 1 unspecified atom stereocenters. The first-order valence-corrected chi connectivity index (χ1v) is 8.34. The molecule has 0 spiro atoms. The molecule has 0 radical (unpaired) electrons. The van der Waals surface area contributed by atoms with E-state index in [0.717, 1.165) is 12.1 Å². The molecule has 148 valence electrons. The summed E-state index contributed by atoms with van der Waals surface area (Å²) < 4.78 is 24.7. The summed E-state index contributed by atoms with van der Waals surface area (Å²) >= 11 is 0. The zero-order chi connectivity index (χ0) is 20.7. The molecule has 0 saturated carbocycles. The number of rotatable bonds is 7. The van der Waals surface area contributed by atoms with E-state index in [1.165, 1.54) is 6.92 Å². The molecule has 1 atom stereocenters. The Morgan fingerprint density at radius 2 is 1.79 bits per heavy atom. The fourth-order valence-corrected chi connectivity index (χ4v) is 2.23. The molecule has 2 amide bonds. The molecule has 28 heavy (non-hydrogen) atoms. The predicted octanol–water partition coefficient (Wildman–Crippen LogP) is 3.64. The van der Waals surface area contributed by atoms with Gasteiger partial charge in [-0.1, -0.05) is 25.1 Å². The quantitative estimate of drug-likeness (QED) is 0.665. The second-order valence-electron chi connectivity index (χ2n) is 5.69. The van der Waals surface area contributed by atoms with Crippen molar-refractivity contribution >= 4 is 29.3 Å². The summed E-state index contributed by atoms with van der Waals surface area (Å²) in [6.07, 6.45) is -2.04. The summed E-state index contributed by atoms with van der Waals surface area (Å²) in [6.45, 7) is 2.81. The van der Waals surface area contributed by atoms with Gasteiger partial charge in [0.1, 0.15) is 11.5 Å². The number of aliphatic carboxylic acids is 1. The monoisotopic (exact) mass is 390 g/mol. The van der Waals surface area contributed by atoms with Crippen LogP contribution in [0.4, 0.5) is 20.6 Å². The van der Waals surface area contributed by atoms with E-state index >= 15 is 0 Å². The van der Waals surface area contributed by atoms with Crippen LogP contribution in [0.1, 0.15) is 20.3 Å². The summed E-state index contributed by atoms with van der Waals surface area (Å²) in [7, 11) is 0. The molecule has 0 bridgehead atoms. The average Bonchev–Trinajstić information content (AvgIpc) is 2.63. The highest BCUT2D eigenvalue weighted by molar-refractivity contribution is 5.93. The number of carbonyl (C=O) groups excluding carboxylic acids is 2. The summed E-state index contributed by atoms with van der Waals surface area (Å²) in [4.78, 5) is 34.6. The van der Waals surface area contributed by atoms with E-state index in [9.17, 15) is 18.8 Å². The van der Waals surface area contributed by atoms with E-state index in [4.69, 9.17) is 14.6 Å². The lowest BCUT2D eigenvalue weighted by Gasteiger charge is -2.18. The lowest BCUT2D eigenvalue weighted by molar-refractivity contribution is -0.145. The van der Waals surface area contributed by atoms with Crippen molar-refractivity contribution in [3.05, 3.63) is 48.3 Å². The van der Waals surface area contributed by atoms with E-state index in [1.807, 2.05) is 0 Å². The Bertz CT molecular complexity index is 872. The number of hydrogen-bond donors (Lipinski definition) is 3. The van der Waals surface area contributed by atoms with Crippen LogP contribution >= 0.6 is 0 Å². The largest absolute Gasteiger partial charge is 0.479 e. The third-order valence-corrected chi connectivity index (χ3v) is 3.49. The highest BCUT2D eigenvalue weighted by Gasteiger charge is 2.21. The Morgan fingerprint density at radius 3 is 2.36 bits per heavy atom. The molecule has 0 aliphatic rings. The third-order valence-electron chi connectivity index (χ3n) is 3.49. The van der Waals surface area contributed by atoms with Crippen molar-refractivity contribution in [3.63, 3.8) is 0 Å². The first kappa shape index (κ1) is 20.7. The molecule has 2 aromatic carbocycles. The number of benzene rings is 2. The first-order valence-electron chi connectivity index (χ1n) is 8.34. The van der Waals surface area contributed by atoms with Crippen molar-refractivity contribution in [2.75, 3.05) is 10.6 Å². The molecule has 0 aromatic heterocycles.